The molecule has 1 amide bonds. The number of aromatic nitrogens is 4. The topological polar surface area (TPSA) is 140 Å². The molecule has 3 heterocycles. The molecule has 1 aromatic carbocycles. The molecule has 2 aromatic heterocycles. The Balaban J connectivity index is 1.36. The average Bonchev–Trinajstić information content (AvgIpc) is 3.52. The summed E-state index contributed by atoms with van der Waals surface area (Å²) >= 11 is 0. The zero-order valence-electron chi connectivity index (χ0n) is 20.5. The molecule has 36 heavy (non-hydrogen) atoms. The van der Waals surface area contributed by atoms with Crippen LogP contribution >= 0.6 is 0 Å². The molecule has 0 radical (unpaired) electrons. The number of rotatable bonds is 12. The minimum atomic E-state index is -3.26. The van der Waals surface area contributed by atoms with Gasteiger partial charge in [0.25, 0.3) is 0 Å². The van der Waals surface area contributed by atoms with Gasteiger partial charge in [-0.25, -0.2) is 23.1 Å². The number of carbonyl (C=O) groups excluding carboxylic acids is 1. The first-order chi connectivity index (χ1) is 17.3. The van der Waals surface area contributed by atoms with Gasteiger partial charge in [-0.3, -0.25) is 9.36 Å². The number of aryl methyl sites for hydroxylation is 1. The van der Waals surface area contributed by atoms with Crippen LogP contribution in [0, 0.1) is 6.92 Å². The second-order valence-corrected chi connectivity index (χ2v) is 10.5. The van der Waals surface area contributed by atoms with Crippen molar-refractivity contribution in [2.45, 2.75) is 32.6 Å². The minimum Gasteiger partial charge on any atom is -0.493 e. The molecule has 0 spiro atoms. The van der Waals surface area contributed by atoms with E-state index in [0.717, 1.165) is 48.3 Å². The third-order valence-corrected chi connectivity index (χ3v) is 6.54. The fraction of sp³-hybridized carbons (Fsp3) is 0.417. The number of hydrogen-bond donors (Lipinski definition) is 3. The van der Waals surface area contributed by atoms with E-state index in [2.05, 4.69) is 36.4 Å². The standard InChI is InChI=1S/C24H31N7O4S/c1-17-20(4-3-9-28-36(2,33)34)23(30-24(29-17)31-12-11-25-16-31)27-15-22(32)26-10-7-18-5-6-21-19(14-18)8-13-35-21/h5-6,11-12,14,16,28H,3-4,7-10,13,15H2,1-2H3,(H,26,32)(H,27,29,30). The van der Waals surface area contributed by atoms with E-state index >= 15 is 0 Å². The van der Waals surface area contributed by atoms with Crippen molar-refractivity contribution >= 4 is 21.7 Å². The Labute approximate surface area is 210 Å². The number of hydrogen-bond acceptors (Lipinski definition) is 8. The summed E-state index contributed by atoms with van der Waals surface area (Å²) in [6.07, 6.45) is 8.88. The lowest BCUT2D eigenvalue weighted by molar-refractivity contribution is -0.119. The predicted octanol–water partition coefficient (Wildman–Crippen LogP) is 1.16. The van der Waals surface area contributed by atoms with Gasteiger partial charge in [-0.15, -0.1) is 0 Å². The van der Waals surface area contributed by atoms with Crippen molar-refractivity contribution in [2.24, 2.45) is 0 Å². The molecule has 12 heteroatoms. The van der Waals surface area contributed by atoms with Crippen LogP contribution < -0.4 is 20.1 Å². The zero-order valence-corrected chi connectivity index (χ0v) is 21.3. The second kappa shape index (κ2) is 11.5. The maximum absolute atomic E-state index is 12.5. The fourth-order valence-corrected chi connectivity index (χ4v) is 4.53. The maximum atomic E-state index is 12.5. The van der Waals surface area contributed by atoms with Crippen LogP contribution in [0.4, 0.5) is 5.82 Å². The number of fused-ring (bicyclic) bond motifs is 1. The van der Waals surface area contributed by atoms with Crippen LogP contribution in [-0.4, -0.2) is 66.3 Å². The molecule has 192 valence electrons. The van der Waals surface area contributed by atoms with Crippen LogP contribution in [0.25, 0.3) is 5.95 Å². The molecule has 0 saturated carbocycles. The van der Waals surface area contributed by atoms with Crippen molar-refractivity contribution in [1.29, 1.82) is 0 Å². The summed E-state index contributed by atoms with van der Waals surface area (Å²) in [5.41, 5.74) is 3.96. The van der Waals surface area contributed by atoms with E-state index in [1.165, 1.54) is 5.56 Å². The number of amides is 1. The molecule has 4 rings (SSSR count). The van der Waals surface area contributed by atoms with Gasteiger partial charge in [0, 0.05) is 43.2 Å². The number of benzene rings is 1. The molecule has 0 atom stereocenters. The van der Waals surface area contributed by atoms with Crippen LogP contribution in [0.3, 0.4) is 0 Å². The number of imidazole rings is 1. The zero-order chi connectivity index (χ0) is 25.5. The number of sulfonamides is 1. The predicted molar refractivity (Wildman–Crippen MR) is 136 cm³/mol. The molecule has 3 aromatic rings. The quantitative estimate of drug-likeness (QED) is 0.307. The molecule has 0 bridgehead atoms. The molecule has 11 nitrogen and oxygen atoms in total. The van der Waals surface area contributed by atoms with Gasteiger partial charge in [0.1, 0.15) is 17.9 Å². The number of nitrogens with one attached hydrogen (secondary N) is 3. The Bertz CT molecular complexity index is 1310. The first kappa shape index (κ1) is 25.6. The lowest BCUT2D eigenvalue weighted by Gasteiger charge is -2.15. The molecule has 1 aliphatic heterocycles. The lowest BCUT2D eigenvalue weighted by atomic mass is 10.1. The van der Waals surface area contributed by atoms with Gasteiger partial charge in [0.2, 0.25) is 21.9 Å². The Morgan fingerprint density at radius 3 is 2.83 bits per heavy atom. The van der Waals surface area contributed by atoms with Crippen molar-refractivity contribution in [3.63, 3.8) is 0 Å². The van der Waals surface area contributed by atoms with Crippen LogP contribution in [0.2, 0.25) is 0 Å². The van der Waals surface area contributed by atoms with E-state index in [9.17, 15) is 13.2 Å². The van der Waals surface area contributed by atoms with Crippen LogP contribution in [0.15, 0.2) is 36.9 Å². The van der Waals surface area contributed by atoms with Crippen LogP contribution in [0.1, 0.15) is 28.8 Å². The Morgan fingerprint density at radius 1 is 1.19 bits per heavy atom. The maximum Gasteiger partial charge on any atom is 0.239 e. The van der Waals surface area contributed by atoms with Crippen LogP contribution in [-0.2, 0) is 34.1 Å². The summed E-state index contributed by atoms with van der Waals surface area (Å²) in [5.74, 6) is 1.78. The van der Waals surface area contributed by atoms with Gasteiger partial charge in [-0.05, 0) is 43.4 Å². The van der Waals surface area contributed by atoms with E-state index in [1.54, 1.807) is 23.3 Å². The highest BCUT2D eigenvalue weighted by molar-refractivity contribution is 7.88. The highest BCUT2D eigenvalue weighted by atomic mass is 32.2. The normalized spacial score (nSPS) is 12.7. The molecule has 1 aliphatic rings. The van der Waals surface area contributed by atoms with Crippen molar-refractivity contribution in [2.75, 3.05) is 37.8 Å². The Kier molecular flexibility index (Phi) is 8.16. The van der Waals surface area contributed by atoms with Crippen molar-refractivity contribution < 1.29 is 17.9 Å². The molecule has 0 saturated heterocycles. The van der Waals surface area contributed by atoms with Gasteiger partial charge >= 0.3 is 0 Å². The van der Waals surface area contributed by atoms with E-state index in [0.29, 0.717) is 37.7 Å². The van der Waals surface area contributed by atoms with Crippen molar-refractivity contribution in [1.82, 2.24) is 29.6 Å². The van der Waals surface area contributed by atoms with Gasteiger partial charge in [0.15, 0.2) is 0 Å². The number of ether oxygens (including phenoxy) is 1. The minimum absolute atomic E-state index is 0.0481. The SMILES string of the molecule is Cc1nc(-n2ccnc2)nc(NCC(=O)NCCc2ccc3c(c2)CCO3)c1CCCNS(C)(=O)=O. The van der Waals surface area contributed by atoms with E-state index in [1.807, 2.05) is 19.1 Å². The first-order valence-electron chi connectivity index (χ1n) is 11.8. The highest BCUT2D eigenvalue weighted by Gasteiger charge is 2.15. The van der Waals surface area contributed by atoms with E-state index in [-0.39, 0.29) is 12.5 Å². The molecular formula is C24H31N7O4S. The average molecular weight is 514 g/mol. The van der Waals surface area contributed by atoms with Crippen molar-refractivity contribution in [3.8, 4) is 11.7 Å². The third-order valence-electron chi connectivity index (χ3n) is 5.81. The summed E-state index contributed by atoms with van der Waals surface area (Å²) in [7, 11) is -3.26. The summed E-state index contributed by atoms with van der Waals surface area (Å²) in [4.78, 5) is 25.8. The molecular weight excluding hydrogens is 482 g/mol. The fourth-order valence-electron chi connectivity index (χ4n) is 4.01. The smallest absolute Gasteiger partial charge is 0.239 e. The van der Waals surface area contributed by atoms with Gasteiger partial charge in [0.05, 0.1) is 19.4 Å². The largest absolute Gasteiger partial charge is 0.493 e. The summed E-state index contributed by atoms with van der Waals surface area (Å²) in [5, 5.41) is 6.09. The lowest BCUT2D eigenvalue weighted by Crippen LogP contribution is -2.32. The Hall–Kier alpha value is -3.51. The summed E-state index contributed by atoms with van der Waals surface area (Å²) in [6, 6.07) is 6.16. The van der Waals surface area contributed by atoms with Crippen LogP contribution in [0.5, 0.6) is 5.75 Å². The summed E-state index contributed by atoms with van der Waals surface area (Å²) < 4.78 is 32.4. The monoisotopic (exact) mass is 513 g/mol. The number of carbonyl (C=O) groups is 1. The summed E-state index contributed by atoms with van der Waals surface area (Å²) in [6.45, 7) is 3.47. The molecule has 0 aliphatic carbocycles. The van der Waals surface area contributed by atoms with E-state index in [4.69, 9.17) is 4.74 Å². The van der Waals surface area contributed by atoms with Gasteiger partial charge < -0.3 is 15.4 Å². The molecule has 0 fully saturated rings. The van der Waals surface area contributed by atoms with Crippen molar-refractivity contribution in [3.05, 3.63) is 59.3 Å². The first-order valence-corrected chi connectivity index (χ1v) is 13.7. The molecule has 0 unspecified atom stereocenters. The number of nitrogens with zero attached hydrogens (tertiary/aromatic N) is 4. The van der Waals surface area contributed by atoms with E-state index < -0.39 is 10.0 Å². The Morgan fingerprint density at radius 2 is 2.06 bits per heavy atom. The highest BCUT2D eigenvalue weighted by Crippen LogP contribution is 2.26. The second-order valence-electron chi connectivity index (χ2n) is 8.67. The van der Waals surface area contributed by atoms with Gasteiger partial charge in [-0.1, -0.05) is 12.1 Å². The number of anilines is 1. The van der Waals surface area contributed by atoms with Gasteiger partial charge in [-0.2, -0.15) is 4.98 Å². The third kappa shape index (κ3) is 7.01. The molecule has 3 N–H and O–H groups in total.